The normalized spacial score (nSPS) is 23.0. The molecule has 7 nitrogen and oxygen atoms in total. The van der Waals surface area contributed by atoms with Crippen LogP contribution in [0.4, 0.5) is 0 Å². The summed E-state index contributed by atoms with van der Waals surface area (Å²) in [5, 5.41) is 10.8. The van der Waals surface area contributed by atoms with Gasteiger partial charge in [0, 0.05) is 42.4 Å². The fraction of sp³-hybridized carbons (Fsp3) is 0.478. The number of likely N-dealkylation sites (tertiary alicyclic amines) is 1. The highest BCUT2D eigenvalue weighted by molar-refractivity contribution is 5.97. The number of fused-ring (bicyclic) bond motifs is 5. The Morgan fingerprint density at radius 1 is 1.17 bits per heavy atom. The smallest absolute Gasteiger partial charge is 0.253 e. The number of aromatic nitrogens is 4. The molecule has 5 rings (SSSR count). The standard InChI is InChI=1S/C23H27N5O2/c1-14(2)6-9-21-17-10-16(20-4-3-5-22(29)28(20)21)12-27(13-17)23(30)15-7-8-18-19(11-15)25-26-24-18/h3-5,7-8,11,14,16-17,21H,6,9-10,12-13H2,1-2H3,(H,24,25,26)/t16-,17+,21+/m1/s1. The van der Waals surface area contributed by atoms with E-state index in [-0.39, 0.29) is 23.4 Å². The number of carbonyl (C=O) groups excluding carboxylic acids is 1. The summed E-state index contributed by atoms with van der Waals surface area (Å²) in [5.74, 6) is 1.12. The van der Waals surface area contributed by atoms with Gasteiger partial charge in [0.2, 0.25) is 0 Å². The van der Waals surface area contributed by atoms with Crippen molar-refractivity contribution in [3.05, 3.63) is 58.0 Å². The van der Waals surface area contributed by atoms with E-state index in [1.54, 1.807) is 12.1 Å². The largest absolute Gasteiger partial charge is 0.338 e. The molecular weight excluding hydrogens is 378 g/mol. The summed E-state index contributed by atoms with van der Waals surface area (Å²) in [6.45, 7) is 5.77. The Morgan fingerprint density at radius 2 is 2.00 bits per heavy atom. The van der Waals surface area contributed by atoms with Crippen molar-refractivity contribution in [2.75, 3.05) is 13.1 Å². The first-order valence-electron chi connectivity index (χ1n) is 10.8. The molecule has 1 fully saturated rings. The van der Waals surface area contributed by atoms with Gasteiger partial charge in [0.1, 0.15) is 11.0 Å². The van der Waals surface area contributed by atoms with Crippen LogP contribution < -0.4 is 5.56 Å². The Balaban J connectivity index is 1.47. The van der Waals surface area contributed by atoms with Crippen LogP contribution in [0, 0.1) is 11.8 Å². The highest BCUT2D eigenvalue weighted by Crippen LogP contribution is 2.43. The third-order valence-corrected chi connectivity index (χ3v) is 6.69. The number of pyridine rings is 1. The van der Waals surface area contributed by atoms with Crippen molar-refractivity contribution in [2.45, 2.75) is 45.1 Å². The monoisotopic (exact) mass is 405 g/mol. The first kappa shape index (κ1) is 19.0. The second-order valence-electron chi connectivity index (χ2n) is 9.13. The van der Waals surface area contributed by atoms with Gasteiger partial charge in [-0.15, -0.1) is 0 Å². The summed E-state index contributed by atoms with van der Waals surface area (Å²) in [7, 11) is 0. The van der Waals surface area contributed by atoms with Gasteiger partial charge in [-0.2, -0.15) is 15.4 Å². The predicted octanol–water partition coefficient (Wildman–Crippen LogP) is 3.36. The van der Waals surface area contributed by atoms with Crippen LogP contribution >= 0.6 is 0 Å². The van der Waals surface area contributed by atoms with E-state index in [1.165, 1.54) is 0 Å². The van der Waals surface area contributed by atoms with Gasteiger partial charge in [-0.3, -0.25) is 9.59 Å². The molecule has 0 unspecified atom stereocenters. The number of nitrogens with zero attached hydrogens (tertiary/aromatic N) is 4. The van der Waals surface area contributed by atoms with Crippen LogP contribution in [0.5, 0.6) is 0 Å². The van der Waals surface area contributed by atoms with Crippen LogP contribution in [0.25, 0.3) is 11.0 Å². The van der Waals surface area contributed by atoms with Gasteiger partial charge in [0.15, 0.2) is 0 Å². The van der Waals surface area contributed by atoms with Crippen molar-refractivity contribution in [1.29, 1.82) is 0 Å². The third-order valence-electron chi connectivity index (χ3n) is 6.69. The summed E-state index contributed by atoms with van der Waals surface area (Å²) in [6, 6.07) is 11.2. The van der Waals surface area contributed by atoms with Gasteiger partial charge >= 0.3 is 0 Å². The molecule has 1 saturated heterocycles. The van der Waals surface area contributed by atoms with E-state index < -0.39 is 0 Å². The number of hydrogen-bond acceptors (Lipinski definition) is 4. The first-order valence-corrected chi connectivity index (χ1v) is 10.8. The molecule has 1 N–H and O–H groups in total. The van der Waals surface area contributed by atoms with E-state index in [0.29, 0.717) is 36.0 Å². The molecule has 7 heteroatoms. The van der Waals surface area contributed by atoms with Crippen molar-refractivity contribution < 1.29 is 4.79 Å². The molecule has 0 radical (unpaired) electrons. The fourth-order valence-electron chi connectivity index (χ4n) is 5.24. The zero-order valence-corrected chi connectivity index (χ0v) is 17.4. The van der Waals surface area contributed by atoms with Crippen LogP contribution in [-0.4, -0.2) is 43.9 Å². The second-order valence-corrected chi connectivity index (χ2v) is 9.13. The molecule has 0 aliphatic carbocycles. The maximum Gasteiger partial charge on any atom is 0.253 e. The minimum absolute atomic E-state index is 0.0314. The summed E-state index contributed by atoms with van der Waals surface area (Å²) in [6.07, 6.45) is 3.08. The quantitative estimate of drug-likeness (QED) is 0.721. The molecule has 2 aliphatic rings. The molecule has 2 aliphatic heterocycles. The van der Waals surface area contributed by atoms with Crippen molar-refractivity contribution in [3.63, 3.8) is 0 Å². The molecule has 4 heterocycles. The molecule has 2 aromatic heterocycles. The van der Waals surface area contributed by atoms with Gasteiger partial charge in [0.05, 0.1) is 0 Å². The summed E-state index contributed by atoms with van der Waals surface area (Å²) in [4.78, 5) is 28.1. The SMILES string of the molecule is CC(C)CC[C@H]1[C@H]2C[C@H](CN(C(=O)c3ccc4n[nH]nc4c3)C2)c2cccc(=O)n21. The van der Waals surface area contributed by atoms with E-state index in [0.717, 1.165) is 30.5 Å². The number of carbonyl (C=O) groups is 1. The summed E-state index contributed by atoms with van der Waals surface area (Å²) in [5.41, 5.74) is 3.26. The van der Waals surface area contributed by atoms with Gasteiger partial charge in [-0.25, -0.2) is 0 Å². The summed E-state index contributed by atoms with van der Waals surface area (Å²) < 4.78 is 2.03. The molecule has 156 valence electrons. The molecule has 0 spiro atoms. The van der Waals surface area contributed by atoms with Crippen molar-refractivity contribution in [3.8, 4) is 0 Å². The average Bonchev–Trinajstić information content (AvgIpc) is 3.21. The Morgan fingerprint density at radius 3 is 2.83 bits per heavy atom. The highest BCUT2D eigenvalue weighted by Gasteiger charge is 2.41. The number of amides is 1. The number of benzene rings is 1. The molecule has 3 atom stereocenters. The van der Waals surface area contributed by atoms with E-state index in [4.69, 9.17) is 0 Å². The Bertz CT molecular complexity index is 1150. The molecule has 0 saturated carbocycles. The van der Waals surface area contributed by atoms with Crippen LogP contribution in [0.3, 0.4) is 0 Å². The number of H-pyrrole nitrogens is 1. The zero-order valence-electron chi connectivity index (χ0n) is 17.4. The first-order chi connectivity index (χ1) is 14.5. The molecule has 3 aromatic rings. The lowest BCUT2D eigenvalue weighted by molar-refractivity contribution is 0.0513. The van der Waals surface area contributed by atoms with Crippen molar-refractivity contribution in [2.24, 2.45) is 11.8 Å². The van der Waals surface area contributed by atoms with Gasteiger partial charge in [-0.1, -0.05) is 19.9 Å². The number of nitrogens with one attached hydrogen (secondary N) is 1. The summed E-state index contributed by atoms with van der Waals surface area (Å²) >= 11 is 0. The van der Waals surface area contributed by atoms with Gasteiger partial charge in [0.25, 0.3) is 11.5 Å². The predicted molar refractivity (Wildman–Crippen MR) is 114 cm³/mol. The average molecular weight is 406 g/mol. The van der Waals surface area contributed by atoms with Gasteiger partial charge < -0.3 is 9.47 Å². The molecular formula is C23H27N5O2. The van der Waals surface area contributed by atoms with Crippen LogP contribution in [0.15, 0.2) is 41.2 Å². The maximum atomic E-state index is 13.3. The Hall–Kier alpha value is -2.96. The lowest BCUT2D eigenvalue weighted by atomic mass is 9.76. The minimum Gasteiger partial charge on any atom is -0.338 e. The Kier molecular flexibility index (Phi) is 4.68. The van der Waals surface area contributed by atoms with Crippen molar-refractivity contribution in [1.82, 2.24) is 24.9 Å². The van der Waals surface area contributed by atoms with E-state index >= 15 is 0 Å². The number of rotatable bonds is 4. The van der Waals surface area contributed by atoms with Crippen LogP contribution in [0.2, 0.25) is 0 Å². The zero-order chi connectivity index (χ0) is 20.8. The molecule has 1 aromatic carbocycles. The molecule has 30 heavy (non-hydrogen) atoms. The van der Waals surface area contributed by atoms with Crippen LogP contribution in [0.1, 0.15) is 61.1 Å². The van der Waals surface area contributed by atoms with E-state index in [1.807, 2.05) is 27.7 Å². The topological polar surface area (TPSA) is 83.9 Å². The van der Waals surface area contributed by atoms with E-state index in [9.17, 15) is 9.59 Å². The Labute approximate surface area is 175 Å². The lowest BCUT2D eigenvalue weighted by Gasteiger charge is -2.47. The van der Waals surface area contributed by atoms with Crippen molar-refractivity contribution >= 4 is 16.9 Å². The highest BCUT2D eigenvalue weighted by atomic mass is 16.2. The third kappa shape index (κ3) is 3.22. The van der Waals surface area contributed by atoms with E-state index in [2.05, 4.69) is 35.3 Å². The minimum atomic E-state index is 0.0314. The maximum absolute atomic E-state index is 13.3. The second kappa shape index (κ2) is 7.38. The molecule has 2 bridgehead atoms. The molecule has 1 amide bonds. The number of aromatic amines is 1. The van der Waals surface area contributed by atoms with Crippen LogP contribution in [-0.2, 0) is 0 Å². The van der Waals surface area contributed by atoms with Gasteiger partial charge in [-0.05, 0) is 55.4 Å². The lowest BCUT2D eigenvalue weighted by Crippen LogP contribution is -2.51. The number of piperidine rings is 1. The number of hydrogen-bond donors (Lipinski definition) is 1. The fourth-order valence-corrected chi connectivity index (χ4v) is 5.24.